The first-order valence-electron chi connectivity index (χ1n) is 10.7. The van der Waals surface area contributed by atoms with E-state index in [1.807, 2.05) is 31.2 Å². The lowest BCUT2D eigenvalue weighted by atomic mass is 9.97. The van der Waals surface area contributed by atoms with E-state index in [9.17, 15) is 18.8 Å². The molecule has 0 unspecified atom stereocenters. The molecule has 6 nitrogen and oxygen atoms in total. The zero-order chi connectivity index (χ0) is 24.0. The van der Waals surface area contributed by atoms with Crippen LogP contribution in [0.3, 0.4) is 0 Å². The van der Waals surface area contributed by atoms with Crippen LogP contribution in [-0.4, -0.2) is 23.9 Å². The van der Waals surface area contributed by atoms with Crippen molar-refractivity contribution < 1.29 is 23.1 Å². The Balaban J connectivity index is 1.68. The van der Waals surface area contributed by atoms with Gasteiger partial charge in [0.15, 0.2) is 5.43 Å². The van der Waals surface area contributed by atoms with Crippen LogP contribution in [0.25, 0.3) is 11.0 Å². The van der Waals surface area contributed by atoms with Crippen molar-refractivity contribution in [1.29, 1.82) is 0 Å². The van der Waals surface area contributed by atoms with E-state index in [1.165, 1.54) is 19.2 Å². The summed E-state index contributed by atoms with van der Waals surface area (Å²) in [4.78, 5) is 40.4. The van der Waals surface area contributed by atoms with Gasteiger partial charge in [0.05, 0.1) is 29.7 Å². The molecule has 2 heterocycles. The SMILES string of the molecule is COC(=O)c1ccc([C@@H]2c3c(oc4ccc(F)cc4c3=O)C(=O)N2Cc2ccc(C)cc2)cc1. The molecule has 0 aliphatic carbocycles. The first kappa shape index (κ1) is 21.6. The molecule has 7 heteroatoms. The number of halogens is 1. The van der Waals surface area contributed by atoms with Crippen molar-refractivity contribution in [2.24, 2.45) is 0 Å². The van der Waals surface area contributed by atoms with Gasteiger partial charge < -0.3 is 14.1 Å². The van der Waals surface area contributed by atoms with Crippen LogP contribution >= 0.6 is 0 Å². The number of amides is 1. The maximum atomic E-state index is 13.9. The second-order valence-electron chi connectivity index (χ2n) is 8.25. The van der Waals surface area contributed by atoms with Gasteiger partial charge in [0.2, 0.25) is 5.76 Å². The maximum absolute atomic E-state index is 13.9. The van der Waals surface area contributed by atoms with E-state index >= 15 is 0 Å². The van der Waals surface area contributed by atoms with Crippen molar-refractivity contribution in [3.05, 3.63) is 116 Å². The molecule has 0 radical (unpaired) electrons. The Morgan fingerprint density at radius 3 is 2.41 bits per heavy atom. The molecule has 3 aromatic carbocycles. The third kappa shape index (κ3) is 3.55. The van der Waals surface area contributed by atoms with E-state index in [0.717, 1.165) is 17.2 Å². The molecule has 0 spiro atoms. The van der Waals surface area contributed by atoms with Crippen LogP contribution in [0.4, 0.5) is 4.39 Å². The summed E-state index contributed by atoms with van der Waals surface area (Å²) in [6.07, 6.45) is 0. The van der Waals surface area contributed by atoms with Gasteiger partial charge in [0, 0.05) is 6.54 Å². The topological polar surface area (TPSA) is 76.8 Å². The van der Waals surface area contributed by atoms with E-state index in [2.05, 4.69) is 0 Å². The van der Waals surface area contributed by atoms with Crippen molar-refractivity contribution in [2.75, 3.05) is 7.11 Å². The standard InChI is InChI=1S/C27H20FNO5/c1-15-3-5-16(6-4-15)14-29-23(17-7-9-18(10-8-17)27(32)33-2)22-24(30)20-13-19(28)11-12-21(20)34-25(22)26(29)31/h3-13,23H,14H2,1-2H3/t23-/m1/s1. The Kier molecular flexibility index (Phi) is 5.24. The second-order valence-corrected chi connectivity index (χ2v) is 8.25. The first-order valence-corrected chi connectivity index (χ1v) is 10.7. The molecule has 170 valence electrons. The van der Waals surface area contributed by atoms with Crippen LogP contribution in [0.1, 0.15) is 49.2 Å². The van der Waals surface area contributed by atoms with Crippen LogP contribution in [0.2, 0.25) is 0 Å². The van der Waals surface area contributed by atoms with Gasteiger partial charge in [-0.25, -0.2) is 9.18 Å². The summed E-state index contributed by atoms with van der Waals surface area (Å²) >= 11 is 0. The van der Waals surface area contributed by atoms with Crippen molar-refractivity contribution in [2.45, 2.75) is 19.5 Å². The van der Waals surface area contributed by atoms with Crippen LogP contribution in [-0.2, 0) is 11.3 Å². The molecule has 1 aromatic heterocycles. The summed E-state index contributed by atoms with van der Waals surface area (Å²) < 4.78 is 24.5. The maximum Gasteiger partial charge on any atom is 0.337 e. The highest BCUT2D eigenvalue weighted by Crippen LogP contribution is 2.39. The van der Waals surface area contributed by atoms with Crippen LogP contribution in [0, 0.1) is 12.7 Å². The average molecular weight is 457 g/mol. The molecule has 4 aromatic rings. The van der Waals surface area contributed by atoms with Crippen molar-refractivity contribution in [3.63, 3.8) is 0 Å². The first-order chi connectivity index (χ1) is 16.4. The molecule has 0 saturated heterocycles. The summed E-state index contributed by atoms with van der Waals surface area (Å²) in [6, 6.07) is 17.1. The fourth-order valence-electron chi connectivity index (χ4n) is 4.31. The number of hydrogen-bond acceptors (Lipinski definition) is 5. The number of nitrogens with zero attached hydrogens (tertiary/aromatic N) is 1. The molecule has 1 aliphatic heterocycles. The minimum atomic E-state index is -0.764. The monoisotopic (exact) mass is 457 g/mol. The lowest BCUT2D eigenvalue weighted by Gasteiger charge is -2.25. The summed E-state index contributed by atoms with van der Waals surface area (Å²) in [5.41, 5.74) is 2.77. The van der Waals surface area contributed by atoms with Gasteiger partial charge in [-0.05, 0) is 48.4 Å². The molecule has 0 saturated carbocycles. The van der Waals surface area contributed by atoms with E-state index < -0.39 is 29.2 Å². The Labute approximate surface area is 194 Å². The van der Waals surface area contributed by atoms with Crippen LogP contribution < -0.4 is 5.43 Å². The molecule has 5 rings (SSSR count). The Bertz CT molecular complexity index is 1490. The van der Waals surface area contributed by atoms with E-state index in [-0.39, 0.29) is 28.8 Å². The number of esters is 1. The third-order valence-electron chi connectivity index (χ3n) is 6.05. The van der Waals surface area contributed by atoms with Gasteiger partial charge in [-0.2, -0.15) is 0 Å². The second kappa shape index (κ2) is 8.26. The zero-order valence-electron chi connectivity index (χ0n) is 18.5. The molecule has 1 aliphatic rings. The lowest BCUT2D eigenvalue weighted by molar-refractivity contribution is 0.0599. The number of fused-ring (bicyclic) bond motifs is 2. The molecule has 34 heavy (non-hydrogen) atoms. The highest BCUT2D eigenvalue weighted by Gasteiger charge is 2.42. The largest absolute Gasteiger partial charge is 0.465 e. The fraction of sp³-hybridized carbons (Fsp3) is 0.148. The van der Waals surface area contributed by atoms with Gasteiger partial charge >= 0.3 is 5.97 Å². The van der Waals surface area contributed by atoms with Gasteiger partial charge in [-0.15, -0.1) is 0 Å². The summed E-state index contributed by atoms with van der Waals surface area (Å²) in [7, 11) is 1.29. The lowest BCUT2D eigenvalue weighted by Crippen LogP contribution is -2.29. The fourth-order valence-corrected chi connectivity index (χ4v) is 4.31. The minimum Gasteiger partial charge on any atom is -0.465 e. The molecule has 0 N–H and O–H groups in total. The molecular weight excluding hydrogens is 437 g/mol. The quantitative estimate of drug-likeness (QED) is 0.413. The van der Waals surface area contributed by atoms with E-state index in [1.54, 1.807) is 29.2 Å². The number of ether oxygens (including phenoxy) is 1. The molecule has 0 bridgehead atoms. The smallest absolute Gasteiger partial charge is 0.337 e. The highest BCUT2D eigenvalue weighted by molar-refractivity contribution is 5.99. The average Bonchev–Trinajstić information content (AvgIpc) is 3.12. The summed E-state index contributed by atoms with van der Waals surface area (Å²) in [5, 5.41) is 0.0694. The Morgan fingerprint density at radius 1 is 1.03 bits per heavy atom. The van der Waals surface area contributed by atoms with E-state index in [0.29, 0.717) is 11.1 Å². The Hall–Kier alpha value is -4.26. The molecular formula is C27H20FNO5. The minimum absolute atomic E-state index is 0.0572. The highest BCUT2D eigenvalue weighted by atomic mass is 19.1. The normalized spacial score (nSPS) is 15.0. The number of methoxy groups -OCH3 is 1. The number of aryl methyl sites for hydroxylation is 1. The number of carbonyl (C=O) groups excluding carboxylic acids is 2. The van der Waals surface area contributed by atoms with Crippen molar-refractivity contribution >= 4 is 22.8 Å². The molecule has 1 amide bonds. The summed E-state index contributed by atoms with van der Waals surface area (Å²) in [6.45, 7) is 2.20. The zero-order valence-corrected chi connectivity index (χ0v) is 18.5. The van der Waals surface area contributed by atoms with Gasteiger partial charge in [0.25, 0.3) is 5.91 Å². The number of hydrogen-bond donors (Lipinski definition) is 0. The van der Waals surface area contributed by atoms with Crippen LogP contribution in [0.5, 0.6) is 0 Å². The number of benzene rings is 3. The summed E-state index contributed by atoms with van der Waals surface area (Å²) in [5.74, 6) is -1.55. The Morgan fingerprint density at radius 2 is 1.74 bits per heavy atom. The predicted molar refractivity (Wildman–Crippen MR) is 123 cm³/mol. The molecule has 1 atom stereocenters. The van der Waals surface area contributed by atoms with Gasteiger partial charge in [-0.3, -0.25) is 9.59 Å². The molecule has 0 fully saturated rings. The van der Waals surface area contributed by atoms with Gasteiger partial charge in [-0.1, -0.05) is 42.0 Å². The van der Waals surface area contributed by atoms with Crippen molar-refractivity contribution in [3.8, 4) is 0 Å². The third-order valence-corrected chi connectivity index (χ3v) is 6.05. The number of carbonyl (C=O) groups is 2. The van der Waals surface area contributed by atoms with Gasteiger partial charge in [0.1, 0.15) is 11.4 Å². The predicted octanol–water partition coefficient (Wildman–Crippen LogP) is 4.77. The number of rotatable bonds is 4. The van der Waals surface area contributed by atoms with Crippen molar-refractivity contribution in [1.82, 2.24) is 4.90 Å². The van der Waals surface area contributed by atoms with Crippen LogP contribution in [0.15, 0.2) is 75.9 Å². The van der Waals surface area contributed by atoms with E-state index in [4.69, 9.17) is 9.15 Å².